The standard InChI is InChI=1S/C16H35NSi/c1-10-13-18(12-3,14-11-2)17(15(4,5)6)16(7,8)9/h12H,3,10-11,13-14H2,1-2,4-9H3. The largest absolute Gasteiger partial charge is 0.311 e. The molecular formula is C16H35NSi. The summed E-state index contributed by atoms with van der Waals surface area (Å²) in [6.45, 7) is 23.0. The number of hydrogen-bond acceptors (Lipinski definition) is 1. The highest BCUT2D eigenvalue weighted by molar-refractivity contribution is 6.82. The molecule has 0 aliphatic rings. The van der Waals surface area contributed by atoms with Crippen molar-refractivity contribution in [3.8, 4) is 0 Å². The third-order valence-corrected chi connectivity index (χ3v) is 9.26. The molecule has 0 bridgehead atoms. The maximum Gasteiger partial charge on any atom is 0.153 e. The van der Waals surface area contributed by atoms with Crippen LogP contribution in [0, 0.1) is 0 Å². The van der Waals surface area contributed by atoms with Crippen LogP contribution in [-0.2, 0) is 0 Å². The second kappa shape index (κ2) is 6.38. The van der Waals surface area contributed by atoms with Gasteiger partial charge in [0.1, 0.15) is 0 Å². The Kier molecular flexibility index (Phi) is 6.35. The second-order valence-electron chi connectivity index (χ2n) is 7.48. The molecule has 0 fully saturated rings. The molecule has 0 aromatic heterocycles. The molecular weight excluding hydrogens is 234 g/mol. The molecule has 0 amide bonds. The Hall–Kier alpha value is -0.0831. The van der Waals surface area contributed by atoms with Crippen molar-refractivity contribution >= 4 is 8.24 Å². The Morgan fingerprint density at radius 1 is 0.889 bits per heavy atom. The van der Waals surface area contributed by atoms with Crippen molar-refractivity contribution in [2.24, 2.45) is 0 Å². The zero-order chi connectivity index (χ0) is 14.6. The molecule has 0 N–H and O–H groups in total. The number of hydrogen-bond donors (Lipinski definition) is 0. The average molecular weight is 270 g/mol. The molecule has 0 aliphatic carbocycles. The van der Waals surface area contributed by atoms with Gasteiger partial charge in [-0.05, 0) is 53.6 Å². The van der Waals surface area contributed by atoms with Gasteiger partial charge in [0.25, 0.3) is 0 Å². The van der Waals surface area contributed by atoms with Crippen LogP contribution in [0.2, 0.25) is 12.1 Å². The van der Waals surface area contributed by atoms with Gasteiger partial charge in [-0.25, -0.2) is 0 Å². The van der Waals surface area contributed by atoms with Crippen LogP contribution in [0.1, 0.15) is 68.2 Å². The monoisotopic (exact) mass is 269 g/mol. The quantitative estimate of drug-likeness (QED) is 0.585. The molecule has 0 saturated carbocycles. The summed E-state index contributed by atoms with van der Waals surface area (Å²) in [5.74, 6) is 0. The van der Waals surface area contributed by atoms with E-state index in [0.717, 1.165) is 0 Å². The van der Waals surface area contributed by atoms with Crippen molar-refractivity contribution in [1.82, 2.24) is 4.57 Å². The first-order valence-electron chi connectivity index (χ1n) is 7.49. The molecule has 0 radical (unpaired) electrons. The molecule has 0 aromatic rings. The highest BCUT2D eigenvalue weighted by Crippen LogP contribution is 2.37. The van der Waals surface area contributed by atoms with Gasteiger partial charge in [0.2, 0.25) is 0 Å². The summed E-state index contributed by atoms with van der Waals surface area (Å²) in [5, 5.41) is 0. The van der Waals surface area contributed by atoms with E-state index >= 15 is 0 Å². The van der Waals surface area contributed by atoms with Crippen LogP contribution in [0.15, 0.2) is 12.3 Å². The van der Waals surface area contributed by atoms with E-state index in [1.54, 1.807) is 0 Å². The van der Waals surface area contributed by atoms with Gasteiger partial charge in [0.05, 0.1) is 0 Å². The van der Waals surface area contributed by atoms with Gasteiger partial charge in [-0.1, -0.05) is 32.4 Å². The van der Waals surface area contributed by atoms with Crippen molar-refractivity contribution in [3.05, 3.63) is 12.3 Å². The molecule has 0 aromatic carbocycles. The van der Waals surface area contributed by atoms with Crippen LogP contribution in [-0.4, -0.2) is 23.9 Å². The van der Waals surface area contributed by atoms with Crippen LogP contribution in [0.3, 0.4) is 0 Å². The molecule has 0 heterocycles. The van der Waals surface area contributed by atoms with Gasteiger partial charge in [-0.3, -0.25) is 0 Å². The molecule has 0 unspecified atom stereocenters. The van der Waals surface area contributed by atoms with E-state index in [-0.39, 0.29) is 11.1 Å². The Morgan fingerprint density at radius 2 is 1.22 bits per heavy atom. The number of rotatable bonds is 6. The molecule has 108 valence electrons. The fourth-order valence-corrected chi connectivity index (χ4v) is 9.54. The van der Waals surface area contributed by atoms with E-state index in [9.17, 15) is 0 Å². The van der Waals surface area contributed by atoms with Gasteiger partial charge in [-0.15, -0.1) is 6.58 Å². The zero-order valence-electron chi connectivity index (χ0n) is 14.1. The van der Waals surface area contributed by atoms with E-state index in [4.69, 9.17) is 0 Å². The third kappa shape index (κ3) is 4.24. The summed E-state index contributed by atoms with van der Waals surface area (Å²) in [7, 11) is -1.57. The van der Waals surface area contributed by atoms with Crippen LogP contribution in [0.25, 0.3) is 0 Å². The highest BCUT2D eigenvalue weighted by atomic mass is 28.3. The fourth-order valence-electron chi connectivity index (χ4n) is 3.85. The van der Waals surface area contributed by atoms with E-state index < -0.39 is 8.24 Å². The lowest BCUT2D eigenvalue weighted by Crippen LogP contribution is -2.66. The summed E-state index contributed by atoms with van der Waals surface area (Å²) in [5.41, 5.74) is 2.77. The second-order valence-corrected chi connectivity index (χ2v) is 11.5. The lowest BCUT2D eigenvalue weighted by Gasteiger charge is -2.55. The zero-order valence-corrected chi connectivity index (χ0v) is 15.1. The minimum Gasteiger partial charge on any atom is -0.311 e. The SMILES string of the molecule is C=C[Si](CCC)(CCC)N(C(C)(C)C)C(C)(C)C. The molecule has 0 spiro atoms. The van der Waals surface area contributed by atoms with Crippen LogP contribution >= 0.6 is 0 Å². The van der Waals surface area contributed by atoms with Gasteiger partial charge in [0.15, 0.2) is 8.24 Å². The maximum atomic E-state index is 4.24. The average Bonchev–Trinajstić information content (AvgIpc) is 2.13. The smallest absolute Gasteiger partial charge is 0.153 e. The molecule has 1 nitrogen and oxygen atoms in total. The topological polar surface area (TPSA) is 3.24 Å². The predicted molar refractivity (Wildman–Crippen MR) is 87.5 cm³/mol. The first-order valence-corrected chi connectivity index (χ1v) is 9.93. The molecule has 0 aliphatic heterocycles. The first kappa shape index (κ1) is 17.9. The highest BCUT2D eigenvalue weighted by Gasteiger charge is 2.46. The Bertz CT molecular complexity index is 237. The van der Waals surface area contributed by atoms with Gasteiger partial charge in [0, 0.05) is 11.1 Å². The van der Waals surface area contributed by atoms with Gasteiger partial charge < -0.3 is 4.57 Å². The Balaban J connectivity index is 5.68. The number of nitrogens with zero attached hydrogens (tertiary/aromatic N) is 1. The van der Waals surface area contributed by atoms with E-state index in [0.29, 0.717) is 0 Å². The summed E-state index contributed by atoms with van der Waals surface area (Å²) in [6.07, 6.45) is 2.53. The molecule has 0 saturated heterocycles. The molecule has 18 heavy (non-hydrogen) atoms. The summed E-state index contributed by atoms with van der Waals surface area (Å²) < 4.78 is 2.81. The summed E-state index contributed by atoms with van der Waals surface area (Å²) in [4.78, 5) is 0. The molecule has 0 rings (SSSR count). The predicted octanol–water partition coefficient (Wildman–Crippen LogP) is 5.38. The van der Waals surface area contributed by atoms with E-state index in [1.807, 2.05) is 0 Å². The van der Waals surface area contributed by atoms with Crippen molar-refractivity contribution in [1.29, 1.82) is 0 Å². The van der Waals surface area contributed by atoms with E-state index in [2.05, 4.69) is 72.2 Å². The molecule has 2 heteroatoms. The van der Waals surface area contributed by atoms with Crippen molar-refractivity contribution < 1.29 is 0 Å². The van der Waals surface area contributed by atoms with Crippen molar-refractivity contribution in [2.75, 3.05) is 0 Å². The van der Waals surface area contributed by atoms with Crippen LogP contribution in [0.5, 0.6) is 0 Å². The van der Waals surface area contributed by atoms with Crippen LogP contribution in [0.4, 0.5) is 0 Å². The van der Waals surface area contributed by atoms with Crippen LogP contribution < -0.4 is 0 Å². The van der Waals surface area contributed by atoms with Gasteiger partial charge >= 0.3 is 0 Å². The lowest BCUT2D eigenvalue weighted by atomic mass is 10.0. The Morgan fingerprint density at radius 3 is 1.39 bits per heavy atom. The fraction of sp³-hybridized carbons (Fsp3) is 0.875. The normalized spacial score (nSPS) is 14.1. The minimum absolute atomic E-state index is 0.211. The van der Waals surface area contributed by atoms with Crippen molar-refractivity contribution in [3.63, 3.8) is 0 Å². The first-order chi connectivity index (χ1) is 8.05. The minimum atomic E-state index is -1.57. The lowest BCUT2D eigenvalue weighted by molar-refractivity contribution is 0.126. The summed E-state index contributed by atoms with van der Waals surface area (Å²) in [6, 6.07) is 2.66. The Labute approximate surface area is 117 Å². The van der Waals surface area contributed by atoms with Crippen molar-refractivity contribution in [2.45, 2.75) is 91.4 Å². The van der Waals surface area contributed by atoms with E-state index in [1.165, 1.54) is 24.9 Å². The maximum absolute atomic E-state index is 4.24. The third-order valence-electron chi connectivity index (χ3n) is 3.53. The van der Waals surface area contributed by atoms with Gasteiger partial charge in [-0.2, -0.15) is 0 Å². The molecule has 0 atom stereocenters. The summed E-state index contributed by atoms with van der Waals surface area (Å²) >= 11 is 0.